The third-order valence-electron chi connectivity index (χ3n) is 3.83. The first-order valence-corrected chi connectivity index (χ1v) is 7.71. The Kier molecular flexibility index (Phi) is 4.15. The maximum absolute atomic E-state index is 5.43. The molecular formula is C17H19N3S. The molecule has 0 unspecified atom stereocenters. The van der Waals surface area contributed by atoms with Gasteiger partial charge in [-0.3, -0.25) is 0 Å². The first-order chi connectivity index (χ1) is 10.2. The van der Waals surface area contributed by atoms with Gasteiger partial charge in [-0.1, -0.05) is 24.3 Å². The largest absolute Gasteiger partial charge is 0.356 e. The highest BCUT2D eigenvalue weighted by Crippen LogP contribution is 2.29. The van der Waals surface area contributed by atoms with Crippen molar-refractivity contribution in [1.29, 1.82) is 0 Å². The number of aromatic nitrogens is 1. The molecule has 2 N–H and O–H groups in total. The zero-order valence-corrected chi connectivity index (χ0v) is 12.9. The second kappa shape index (κ2) is 6.22. The van der Waals surface area contributed by atoms with E-state index in [-0.39, 0.29) is 0 Å². The van der Waals surface area contributed by atoms with Crippen LogP contribution in [-0.2, 0) is 6.42 Å². The number of benzene rings is 1. The molecule has 0 spiro atoms. The lowest BCUT2D eigenvalue weighted by Gasteiger charge is -2.27. The minimum absolute atomic E-state index is 0.291. The first kappa shape index (κ1) is 14.0. The summed E-state index contributed by atoms with van der Waals surface area (Å²) in [5, 5.41) is 7.23. The second-order valence-electron chi connectivity index (χ2n) is 5.46. The Labute approximate surface area is 130 Å². The molecule has 0 bridgehead atoms. The van der Waals surface area contributed by atoms with E-state index in [1.807, 2.05) is 19.1 Å². The van der Waals surface area contributed by atoms with Gasteiger partial charge in [0.1, 0.15) is 5.82 Å². The minimum atomic E-state index is 0.291. The van der Waals surface area contributed by atoms with E-state index in [9.17, 15) is 0 Å². The number of nitrogens with one attached hydrogen (secondary N) is 2. The van der Waals surface area contributed by atoms with Gasteiger partial charge in [-0.15, -0.1) is 0 Å². The van der Waals surface area contributed by atoms with Crippen molar-refractivity contribution in [2.45, 2.75) is 32.2 Å². The van der Waals surface area contributed by atoms with Gasteiger partial charge in [0.15, 0.2) is 5.11 Å². The van der Waals surface area contributed by atoms with Crippen molar-refractivity contribution >= 4 is 23.1 Å². The van der Waals surface area contributed by atoms with Crippen LogP contribution in [0.2, 0.25) is 0 Å². The van der Waals surface area contributed by atoms with E-state index in [4.69, 9.17) is 12.2 Å². The van der Waals surface area contributed by atoms with E-state index in [1.54, 1.807) is 6.20 Å². The van der Waals surface area contributed by atoms with Gasteiger partial charge >= 0.3 is 0 Å². The number of aryl methyl sites for hydroxylation is 2. The number of rotatable bonds is 2. The van der Waals surface area contributed by atoms with Crippen LogP contribution >= 0.6 is 12.2 Å². The quantitative estimate of drug-likeness (QED) is 0.828. The number of anilines is 1. The summed E-state index contributed by atoms with van der Waals surface area (Å²) in [4.78, 5) is 4.28. The molecule has 0 fully saturated rings. The molecular weight excluding hydrogens is 278 g/mol. The van der Waals surface area contributed by atoms with Crippen LogP contribution in [0.5, 0.6) is 0 Å². The van der Waals surface area contributed by atoms with Crippen molar-refractivity contribution in [3.8, 4) is 0 Å². The zero-order chi connectivity index (χ0) is 14.7. The van der Waals surface area contributed by atoms with Crippen molar-refractivity contribution < 1.29 is 0 Å². The van der Waals surface area contributed by atoms with Crippen LogP contribution in [0.3, 0.4) is 0 Å². The summed E-state index contributed by atoms with van der Waals surface area (Å²) >= 11 is 5.43. The Morgan fingerprint density at radius 2 is 2.14 bits per heavy atom. The van der Waals surface area contributed by atoms with Crippen LogP contribution in [-0.4, -0.2) is 10.1 Å². The van der Waals surface area contributed by atoms with E-state index in [1.165, 1.54) is 23.1 Å². The van der Waals surface area contributed by atoms with Gasteiger partial charge in [0.2, 0.25) is 0 Å². The van der Waals surface area contributed by atoms with Crippen molar-refractivity contribution in [2.75, 3.05) is 5.32 Å². The highest BCUT2D eigenvalue weighted by atomic mass is 32.1. The Bertz CT molecular complexity index is 654. The Balaban J connectivity index is 1.68. The fourth-order valence-electron chi connectivity index (χ4n) is 2.82. The summed E-state index contributed by atoms with van der Waals surface area (Å²) in [7, 11) is 0. The maximum atomic E-state index is 5.43. The number of nitrogens with zero attached hydrogens (tertiary/aromatic N) is 1. The van der Waals surface area contributed by atoms with Crippen molar-refractivity contribution in [2.24, 2.45) is 0 Å². The van der Waals surface area contributed by atoms with Gasteiger partial charge in [0, 0.05) is 6.20 Å². The summed E-state index contributed by atoms with van der Waals surface area (Å²) in [5.74, 6) is 0.789. The SMILES string of the molecule is Cc1ccnc(NC(=S)N[C@@H]2CCCc3ccccc32)c1. The summed E-state index contributed by atoms with van der Waals surface area (Å²) in [6.07, 6.45) is 5.25. The lowest BCUT2D eigenvalue weighted by molar-refractivity contribution is 0.529. The lowest BCUT2D eigenvalue weighted by Crippen LogP contribution is -2.34. The molecule has 0 aliphatic heterocycles. The molecule has 2 aromatic rings. The molecule has 108 valence electrons. The zero-order valence-electron chi connectivity index (χ0n) is 12.1. The predicted octanol–water partition coefficient (Wildman–Crippen LogP) is 3.75. The molecule has 1 aliphatic rings. The molecule has 1 aromatic carbocycles. The van der Waals surface area contributed by atoms with Gasteiger partial charge in [0.25, 0.3) is 0 Å². The van der Waals surface area contributed by atoms with Crippen LogP contribution in [0, 0.1) is 6.92 Å². The highest BCUT2D eigenvalue weighted by molar-refractivity contribution is 7.80. The van der Waals surface area contributed by atoms with E-state index < -0.39 is 0 Å². The van der Waals surface area contributed by atoms with Gasteiger partial charge in [-0.25, -0.2) is 4.98 Å². The van der Waals surface area contributed by atoms with E-state index in [2.05, 4.69) is 39.9 Å². The smallest absolute Gasteiger partial charge is 0.172 e. The van der Waals surface area contributed by atoms with Gasteiger partial charge in [0.05, 0.1) is 6.04 Å². The molecule has 0 saturated heterocycles. The van der Waals surface area contributed by atoms with Gasteiger partial charge in [-0.05, 0) is 67.2 Å². The lowest BCUT2D eigenvalue weighted by atomic mass is 9.88. The molecule has 3 rings (SSSR count). The Hall–Kier alpha value is -1.94. The number of pyridine rings is 1. The minimum Gasteiger partial charge on any atom is -0.356 e. The molecule has 4 heteroatoms. The number of hydrogen-bond acceptors (Lipinski definition) is 2. The Morgan fingerprint density at radius 3 is 3.00 bits per heavy atom. The summed E-state index contributed by atoms with van der Waals surface area (Å²) in [6.45, 7) is 2.04. The molecule has 1 heterocycles. The molecule has 21 heavy (non-hydrogen) atoms. The number of fused-ring (bicyclic) bond motifs is 1. The van der Waals surface area contributed by atoms with E-state index >= 15 is 0 Å². The van der Waals surface area contributed by atoms with Crippen LogP contribution in [0.25, 0.3) is 0 Å². The molecule has 1 aliphatic carbocycles. The van der Waals surface area contributed by atoms with E-state index in [0.29, 0.717) is 11.2 Å². The third kappa shape index (κ3) is 3.39. The van der Waals surface area contributed by atoms with Crippen LogP contribution in [0.1, 0.15) is 35.6 Å². The molecule has 0 amide bonds. The standard InChI is InChI=1S/C17H19N3S/c1-12-9-10-18-16(11-12)20-17(21)19-15-8-4-6-13-5-2-3-7-14(13)15/h2-3,5,7,9-11,15H,4,6,8H2,1H3,(H2,18,19,20,21)/t15-/m1/s1. The summed E-state index contributed by atoms with van der Waals surface area (Å²) in [6, 6.07) is 12.9. The number of thiocarbonyl (C=S) groups is 1. The molecule has 0 radical (unpaired) electrons. The maximum Gasteiger partial charge on any atom is 0.172 e. The summed E-state index contributed by atoms with van der Waals surface area (Å²) < 4.78 is 0. The number of hydrogen-bond donors (Lipinski definition) is 2. The van der Waals surface area contributed by atoms with Gasteiger partial charge < -0.3 is 10.6 Å². The molecule has 3 nitrogen and oxygen atoms in total. The average molecular weight is 297 g/mol. The average Bonchev–Trinajstić information content (AvgIpc) is 2.47. The fourth-order valence-corrected chi connectivity index (χ4v) is 3.07. The van der Waals surface area contributed by atoms with Crippen LogP contribution in [0.4, 0.5) is 5.82 Å². The summed E-state index contributed by atoms with van der Waals surface area (Å²) in [5.41, 5.74) is 3.96. The van der Waals surface area contributed by atoms with Crippen molar-refractivity contribution in [1.82, 2.24) is 10.3 Å². The molecule has 1 aromatic heterocycles. The van der Waals surface area contributed by atoms with Gasteiger partial charge in [-0.2, -0.15) is 0 Å². The van der Waals surface area contributed by atoms with Crippen molar-refractivity contribution in [3.63, 3.8) is 0 Å². The van der Waals surface area contributed by atoms with Crippen molar-refractivity contribution in [3.05, 3.63) is 59.3 Å². The highest BCUT2D eigenvalue weighted by Gasteiger charge is 2.20. The third-order valence-corrected chi connectivity index (χ3v) is 4.05. The Morgan fingerprint density at radius 1 is 1.29 bits per heavy atom. The second-order valence-corrected chi connectivity index (χ2v) is 5.87. The predicted molar refractivity (Wildman–Crippen MR) is 90.5 cm³/mol. The van der Waals surface area contributed by atoms with Crippen LogP contribution < -0.4 is 10.6 Å². The fraction of sp³-hybridized carbons (Fsp3) is 0.294. The monoisotopic (exact) mass is 297 g/mol. The topological polar surface area (TPSA) is 37.0 Å². The van der Waals surface area contributed by atoms with Crippen LogP contribution in [0.15, 0.2) is 42.6 Å². The molecule has 1 atom stereocenters. The van der Waals surface area contributed by atoms with E-state index in [0.717, 1.165) is 18.7 Å². The normalized spacial score (nSPS) is 16.9. The molecule has 0 saturated carbocycles. The first-order valence-electron chi connectivity index (χ1n) is 7.30.